The third kappa shape index (κ3) is 4.21. The summed E-state index contributed by atoms with van der Waals surface area (Å²) >= 11 is 1.82. The zero-order valence-electron chi connectivity index (χ0n) is 10.5. The van der Waals surface area contributed by atoms with Crippen LogP contribution < -0.4 is 10.6 Å². The van der Waals surface area contributed by atoms with E-state index in [4.69, 9.17) is 5.73 Å². The Morgan fingerprint density at radius 3 is 2.76 bits per heavy atom. The molecule has 1 atom stereocenters. The van der Waals surface area contributed by atoms with E-state index in [1.54, 1.807) is 12.1 Å². The van der Waals surface area contributed by atoms with Gasteiger partial charge in [-0.15, -0.1) is 0 Å². The molecule has 1 unspecified atom stereocenters. The molecule has 2 nitrogen and oxygen atoms in total. The van der Waals surface area contributed by atoms with E-state index in [9.17, 15) is 4.39 Å². The quantitative estimate of drug-likeness (QED) is 0.813. The lowest BCUT2D eigenvalue weighted by Gasteiger charge is -2.32. The third-order valence-electron chi connectivity index (χ3n) is 2.85. The Bertz CT molecular complexity index is 333. The molecule has 0 bridgehead atoms. The molecular formula is C13H21FN2S. The van der Waals surface area contributed by atoms with Crippen LogP contribution in [-0.2, 0) is 0 Å². The molecule has 0 amide bonds. The van der Waals surface area contributed by atoms with Crippen LogP contribution in [0, 0.1) is 5.82 Å². The number of likely N-dealkylation sites (N-methyl/N-ethyl adjacent to an activating group) is 1. The normalized spacial score (nSPS) is 12.5. The third-order valence-corrected chi connectivity index (χ3v) is 3.49. The number of halogens is 1. The molecule has 0 aliphatic carbocycles. The molecule has 0 fully saturated rings. The fourth-order valence-electron chi connectivity index (χ4n) is 1.96. The summed E-state index contributed by atoms with van der Waals surface area (Å²) in [5.74, 6) is 0.884. The van der Waals surface area contributed by atoms with Crippen LogP contribution in [0.1, 0.15) is 13.3 Å². The molecule has 96 valence electrons. The highest BCUT2D eigenvalue weighted by Gasteiger charge is 2.15. The van der Waals surface area contributed by atoms with Gasteiger partial charge in [0, 0.05) is 24.8 Å². The fraction of sp³-hybridized carbons (Fsp3) is 0.538. The molecule has 2 N–H and O–H groups in total. The number of thioether (sulfide) groups is 1. The van der Waals surface area contributed by atoms with Crippen LogP contribution in [0.5, 0.6) is 0 Å². The van der Waals surface area contributed by atoms with Gasteiger partial charge in [0.05, 0.1) is 0 Å². The number of rotatable bonds is 7. The summed E-state index contributed by atoms with van der Waals surface area (Å²) in [6.07, 6.45) is 3.12. The lowest BCUT2D eigenvalue weighted by Crippen LogP contribution is -2.41. The van der Waals surface area contributed by atoms with Crippen molar-refractivity contribution in [1.29, 1.82) is 0 Å². The van der Waals surface area contributed by atoms with Gasteiger partial charge in [0.2, 0.25) is 0 Å². The predicted octanol–water partition coefficient (Wildman–Crippen LogP) is 2.73. The van der Waals surface area contributed by atoms with Crippen molar-refractivity contribution >= 4 is 17.4 Å². The largest absolute Gasteiger partial charge is 0.367 e. The van der Waals surface area contributed by atoms with E-state index >= 15 is 0 Å². The van der Waals surface area contributed by atoms with Crippen molar-refractivity contribution in [2.75, 3.05) is 30.0 Å². The summed E-state index contributed by atoms with van der Waals surface area (Å²) in [5.41, 5.74) is 6.74. The van der Waals surface area contributed by atoms with E-state index in [1.807, 2.05) is 17.8 Å². The smallest absolute Gasteiger partial charge is 0.125 e. The Morgan fingerprint density at radius 1 is 1.47 bits per heavy atom. The van der Waals surface area contributed by atoms with Crippen molar-refractivity contribution in [2.24, 2.45) is 5.73 Å². The standard InChI is InChI=1S/C13H21FN2S/c1-3-16(13(10-15)7-8-17-2)12-6-4-5-11(14)9-12/h4-6,9,13H,3,7-8,10,15H2,1-2H3. The maximum absolute atomic E-state index is 13.2. The van der Waals surface area contributed by atoms with Crippen molar-refractivity contribution in [3.05, 3.63) is 30.1 Å². The zero-order chi connectivity index (χ0) is 12.7. The van der Waals surface area contributed by atoms with Gasteiger partial charge < -0.3 is 10.6 Å². The van der Waals surface area contributed by atoms with Crippen LogP contribution in [0.3, 0.4) is 0 Å². The van der Waals surface area contributed by atoms with Crippen LogP contribution in [0.4, 0.5) is 10.1 Å². The zero-order valence-corrected chi connectivity index (χ0v) is 11.3. The van der Waals surface area contributed by atoms with Crippen molar-refractivity contribution < 1.29 is 4.39 Å². The van der Waals surface area contributed by atoms with E-state index in [2.05, 4.69) is 18.1 Å². The lowest BCUT2D eigenvalue weighted by atomic mass is 10.1. The van der Waals surface area contributed by atoms with Gasteiger partial charge in [-0.05, 0) is 43.6 Å². The van der Waals surface area contributed by atoms with Crippen LogP contribution in [0.2, 0.25) is 0 Å². The summed E-state index contributed by atoms with van der Waals surface area (Å²) in [6, 6.07) is 7.01. The Morgan fingerprint density at radius 2 is 2.24 bits per heavy atom. The lowest BCUT2D eigenvalue weighted by molar-refractivity contribution is 0.589. The fourth-order valence-corrected chi connectivity index (χ4v) is 2.47. The summed E-state index contributed by atoms with van der Waals surface area (Å²) in [4.78, 5) is 2.18. The second kappa shape index (κ2) is 7.56. The van der Waals surface area contributed by atoms with E-state index in [-0.39, 0.29) is 11.9 Å². The summed E-state index contributed by atoms with van der Waals surface area (Å²) in [7, 11) is 0. The molecule has 0 saturated carbocycles. The first-order chi connectivity index (χ1) is 8.22. The van der Waals surface area contributed by atoms with Crippen molar-refractivity contribution in [1.82, 2.24) is 0 Å². The average Bonchev–Trinajstić information content (AvgIpc) is 2.34. The van der Waals surface area contributed by atoms with Gasteiger partial charge >= 0.3 is 0 Å². The van der Waals surface area contributed by atoms with E-state index in [0.717, 1.165) is 24.4 Å². The number of benzene rings is 1. The Labute approximate surface area is 107 Å². The number of nitrogens with zero attached hydrogens (tertiary/aromatic N) is 1. The number of anilines is 1. The van der Waals surface area contributed by atoms with Gasteiger partial charge in [-0.3, -0.25) is 0 Å². The van der Waals surface area contributed by atoms with E-state index in [1.165, 1.54) is 6.07 Å². The first-order valence-corrected chi connectivity index (χ1v) is 7.33. The summed E-state index contributed by atoms with van der Waals surface area (Å²) < 4.78 is 13.2. The van der Waals surface area contributed by atoms with Crippen molar-refractivity contribution in [2.45, 2.75) is 19.4 Å². The molecule has 0 aromatic heterocycles. The van der Waals surface area contributed by atoms with Crippen molar-refractivity contribution in [3.8, 4) is 0 Å². The molecule has 4 heteroatoms. The molecule has 0 radical (unpaired) electrons. The highest BCUT2D eigenvalue weighted by Crippen LogP contribution is 2.19. The second-order valence-corrected chi connectivity index (χ2v) is 4.92. The molecule has 1 aromatic carbocycles. The average molecular weight is 256 g/mol. The van der Waals surface area contributed by atoms with Gasteiger partial charge in [-0.1, -0.05) is 6.07 Å². The Hall–Kier alpha value is -0.740. The molecule has 17 heavy (non-hydrogen) atoms. The first kappa shape index (κ1) is 14.3. The minimum atomic E-state index is -0.193. The predicted molar refractivity (Wildman–Crippen MR) is 75.3 cm³/mol. The van der Waals surface area contributed by atoms with Crippen LogP contribution in [0.25, 0.3) is 0 Å². The number of hydrogen-bond acceptors (Lipinski definition) is 3. The Kier molecular flexibility index (Phi) is 6.37. The highest BCUT2D eigenvalue weighted by molar-refractivity contribution is 7.98. The monoisotopic (exact) mass is 256 g/mol. The second-order valence-electron chi connectivity index (χ2n) is 3.94. The van der Waals surface area contributed by atoms with Gasteiger partial charge in [-0.25, -0.2) is 4.39 Å². The molecule has 0 saturated heterocycles. The number of nitrogens with two attached hydrogens (primary N) is 1. The SMILES string of the molecule is CCN(c1cccc(F)c1)C(CN)CCSC. The van der Waals surface area contributed by atoms with Gasteiger partial charge in [0.1, 0.15) is 5.82 Å². The Balaban J connectivity index is 2.81. The van der Waals surface area contributed by atoms with Gasteiger partial charge in [0.25, 0.3) is 0 Å². The van der Waals surface area contributed by atoms with Crippen LogP contribution >= 0.6 is 11.8 Å². The summed E-state index contributed by atoms with van der Waals surface area (Å²) in [5, 5.41) is 0. The molecule has 0 spiro atoms. The van der Waals surface area contributed by atoms with Crippen LogP contribution in [-0.4, -0.2) is 31.1 Å². The molecule has 0 aliphatic rings. The molecular weight excluding hydrogens is 235 g/mol. The van der Waals surface area contributed by atoms with E-state index < -0.39 is 0 Å². The maximum Gasteiger partial charge on any atom is 0.125 e. The maximum atomic E-state index is 13.2. The molecule has 0 heterocycles. The molecule has 1 aromatic rings. The number of hydrogen-bond donors (Lipinski definition) is 1. The highest BCUT2D eigenvalue weighted by atomic mass is 32.2. The van der Waals surface area contributed by atoms with Crippen LogP contribution in [0.15, 0.2) is 24.3 Å². The minimum Gasteiger partial charge on any atom is -0.367 e. The van der Waals surface area contributed by atoms with Crippen molar-refractivity contribution in [3.63, 3.8) is 0 Å². The summed E-state index contributed by atoms with van der Waals surface area (Å²) in [6.45, 7) is 3.53. The molecule has 1 rings (SSSR count). The first-order valence-electron chi connectivity index (χ1n) is 5.94. The molecule has 0 aliphatic heterocycles. The van der Waals surface area contributed by atoms with Gasteiger partial charge in [0.15, 0.2) is 0 Å². The minimum absolute atomic E-state index is 0.193. The topological polar surface area (TPSA) is 29.3 Å². The van der Waals surface area contributed by atoms with Gasteiger partial charge in [-0.2, -0.15) is 11.8 Å². The van der Waals surface area contributed by atoms with E-state index in [0.29, 0.717) is 6.54 Å².